The van der Waals surface area contributed by atoms with Crippen LogP contribution in [0.3, 0.4) is 0 Å². The van der Waals surface area contributed by atoms with Crippen molar-refractivity contribution in [3.63, 3.8) is 0 Å². The van der Waals surface area contributed by atoms with Gasteiger partial charge in [0, 0.05) is 11.8 Å². The molecule has 24 heavy (non-hydrogen) atoms. The molecule has 6 nitrogen and oxygen atoms in total. The number of nitro benzene ring substituents is 1. The lowest BCUT2D eigenvalue weighted by molar-refractivity contribution is -0.388. The second-order valence-electron chi connectivity index (χ2n) is 4.67. The molecule has 0 saturated heterocycles. The number of carbonyl (C=O) groups excluding carboxylic acids is 1. The highest BCUT2D eigenvalue weighted by atomic mass is 19.4. The summed E-state index contributed by atoms with van der Waals surface area (Å²) in [6.07, 6.45) is -5.89. The first kappa shape index (κ1) is 17.3. The molecule has 1 amide bonds. The first-order chi connectivity index (χ1) is 11.3. The highest BCUT2D eigenvalue weighted by molar-refractivity contribution is 5.85. The first-order valence-electron chi connectivity index (χ1n) is 6.60. The third-order valence-electron chi connectivity index (χ3n) is 2.96. The van der Waals surface area contributed by atoms with Crippen molar-refractivity contribution in [2.45, 2.75) is 12.8 Å². The molecule has 9 heteroatoms. The van der Waals surface area contributed by atoms with Crippen LogP contribution in [0.1, 0.15) is 11.1 Å². The summed E-state index contributed by atoms with van der Waals surface area (Å²) in [5.41, 5.74) is -2.10. The number of nitrogens with one attached hydrogen (secondary N) is 1. The van der Waals surface area contributed by atoms with Gasteiger partial charge < -0.3 is 4.74 Å². The number of nitrogens with zero attached hydrogens (tertiary/aromatic N) is 1. The smallest absolute Gasteiger partial charge is 0.423 e. The number of alkyl halides is 3. The maximum absolute atomic E-state index is 12.8. The number of anilines is 1. The standard InChI is InChI=1S/C15H11F3N2O4/c16-15(17,18)12-8-11(6-7-13(12)20(22)23)19-14(21)24-9-10-4-2-1-3-5-10/h1-8H,9H2,(H,19,21). The Balaban J connectivity index is 2.09. The fourth-order valence-corrected chi connectivity index (χ4v) is 1.88. The summed E-state index contributed by atoms with van der Waals surface area (Å²) in [5, 5.41) is 12.8. The Bertz CT molecular complexity index is 748. The maximum Gasteiger partial charge on any atom is 0.423 e. The molecule has 0 aliphatic heterocycles. The highest BCUT2D eigenvalue weighted by Crippen LogP contribution is 2.37. The molecule has 0 saturated carbocycles. The van der Waals surface area contributed by atoms with E-state index in [0.717, 1.165) is 6.07 Å². The molecule has 2 aromatic rings. The van der Waals surface area contributed by atoms with Gasteiger partial charge in [0.15, 0.2) is 0 Å². The number of carbonyl (C=O) groups is 1. The van der Waals surface area contributed by atoms with Gasteiger partial charge in [0.05, 0.1) is 4.92 Å². The van der Waals surface area contributed by atoms with Crippen LogP contribution in [0, 0.1) is 10.1 Å². The van der Waals surface area contributed by atoms with Crippen molar-refractivity contribution in [2.75, 3.05) is 5.32 Å². The van der Waals surface area contributed by atoms with Crippen LogP contribution in [-0.4, -0.2) is 11.0 Å². The quantitative estimate of drug-likeness (QED) is 0.662. The molecule has 0 bridgehead atoms. The van der Waals surface area contributed by atoms with E-state index in [1.165, 1.54) is 0 Å². The number of benzene rings is 2. The second kappa shape index (κ2) is 6.99. The molecule has 1 N–H and O–H groups in total. The van der Waals surface area contributed by atoms with Gasteiger partial charge >= 0.3 is 12.3 Å². The summed E-state index contributed by atoms with van der Waals surface area (Å²) in [5.74, 6) is 0. The topological polar surface area (TPSA) is 81.5 Å². The van der Waals surface area contributed by atoms with Crippen molar-refractivity contribution in [3.8, 4) is 0 Å². The zero-order chi connectivity index (χ0) is 17.7. The number of hydrogen-bond donors (Lipinski definition) is 1. The Morgan fingerprint density at radius 2 is 1.83 bits per heavy atom. The van der Waals surface area contributed by atoms with Gasteiger partial charge in [-0.25, -0.2) is 4.79 Å². The van der Waals surface area contributed by atoms with Crippen molar-refractivity contribution in [3.05, 3.63) is 69.8 Å². The lowest BCUT2D eigenvalue weighted by Crippen LogP contribution is -2.15. The molecule has 2 aromatic carbocycles. The molecule has 0 aliphatic rings. The minimum atomic E-state index is -4.92. The van der Waals surface area contributed by atoms with E-state index in [2.05, 4.69) is 5.32 Å². The summed E-state index contributed by atoms with van der Waals surface area (Å²) in [7, 11) is 0. The van der Waals surface area contributed by atoms with E-state index < -0.39 is 28.4 Å². The number of amides is 1. The molecule has 126 valence electrons. The third-order valence-corrected chi connectivity index (χ3v) is 2.96. The molecule has 0 atom stereocenters. The van der Waals surface area contributed by atoms with Crippen LogP contribution >= 0.6 is 0 Å². The first-order valence-corrected chi connectivity index (χ1v) is 6.60. The van der Waals surface area contributed by atoms with E-state index >= 15 is 0 Å². The molecule has 0 radical (unpaired) electrons. The summed E-state index contributed by atoms with van der Waals surface area (Å²) in [6, 6.07) is 10.8. The Morgan fingerprint density at radius 3 is 2.42 bits per heavy atom. The van der Waals surface area contributed by atoms with Gasteiger partial charge in [0.25, 0.3) is 5.69 Å². The number of rotatable bonds is 4. The van der Waals surface area contributed by atoms with E-state index in [4.69, 9.17) is 4.74 Å². The molecule has 2 rings (SSSR count). The van der Waals surface area contributed by atoms with Crippen LogP contribution in [0.15, 0.2) is 48.5 Å². The fourth-order valence-electron chi connectivity index (χ4n) is 1.88. The van der Waals surface area contributed by atoms with Crippen molar-refractivity contribution in [1.29, 1.82) is 0 Å². The number of hydrogen-bond acceptors (Lipinski definition) is 4. The average molecular weight is 340 g/mol. The zero-order valence-corrected chi connectivity index (χ0v) is 12.0. The van der Waals surface area contributed by atoms with E-state index in [9.17, 15) is 28.1 Å². The lowest BCUT2D eigenvalue weighted by Gasteiger charge is -2.11. The summed E-state index contributed by atoms with van der Waals surface area (Å²) in [6.45, 7) is -0.0637. The van der Waals surface area contributed by atoms with Crippen LogP contribution in [0.2, 0.25) is 0 Å². The zero-order valence-electron chi connectivity index (χ0n) is 12.0. The summed E-state index contributed by atoms with van der Waals surface area (Å²) in [4.78, 5) is 21.1. The van der Waals surface area contributed by atoms with E-state index in [-0.39, 0.29) is 12.3 Å². The van der Waals surface area contributed by atoms with Gasteiger partial charge in [-0.1, -0.05) is 30.3 Å². The minimum Gasteiger partial charge on any atom is -0.444 e. The van der Waals surface area contributed by atoms with Crippen LogP contribution in [0.25, 0.3) is 0 Å². The van der Waals surface area contributed by atoms with Crippen LogP contribution in [0.5, 0.6) is 0 Å². The average Bonchev–Trinajstić information content (AvgIpc) is 2.53. The molecule has 0 spiro atoms. The molecular weight excluding hydrogens is 329 g/mol. The Hall–Kier alpha value is -3.10. The van der Waals surface area contributed by atoms with Crippen LogP contribution in [0.4, 0.5) is 29.3 Å². The molecule has 0 heterocycles. The number of nitro groups is 1. The van der Waals surface area contributed by atoms with E-state index in [1.54, 1.807) is 30.3 Å². The van der Waals surface area contributed by atoms with E-state index in [1.807, 2.05) is 0 Å². The molecule has 0 aliphatic carbocycles. The predicted molar refractivity (Wildman–Crippen MR) is 78.3 cm³/mol. The Morgan fingerprint density at radius 1 is 1.17 bits per heavy atom. The third kappa shape index (κ3) is 4.45. The maximum atomic E-state index is 12.8. The van der Waals surface area contributed by atoms with Crippen molar-refractivity contribution in [1.82, 2.24) is 0 Å². The SMILES string of the molecule is O=C(Nc1ccc([N+](=O)[O-])c(C(F)(F)F)c1)OCc1ccccc1. The normalized spacial score (nSPS) is 11.0. The predicted octanol–water partition coefficient (Wildman–Crippen LogP) is 4.36. The monoisotopic (exact) mass is 340 g/mol. The van der Waals surface area contributed by atoms with Crippen molar-refractivity contribution in [2.24, 2.45) is 0 Å². The number of ether oxygens (including phenoxy) is 1. The van der Waals surface area contributed by atoms with Crippen molar-refractivity contribution < 1.29 is 27.6 Å². The van der Waals surface area contributed by atoms with Crippen LogP contribution < -0.4 is 5.32 Å². The van der Waals surface area contributed by atoms with Gasteiger partial charge in [0.1, 0.15) is 12.2 Å². The van der Waals surface area contributed by atoms with Gasteiger partial charge in [-0.15, -0.1) is 0 Å². The summed E-state index contributed by atoms with van der Waals surface area (Å²) >= 11 is 0. The largest absolute Gasteiger partial charge is 0.444 e. The van der Waals surface area contributed by atoms with Gasteiger partial charge in [-0.2, -0.15) is 13.2 Å². The Kier molecular flexibility index (Phi) is 5.02. The van der Waals surface area contributed by atoms with Crippen molar-refractivity contribution >= 4 is 17.5 Å². The van der Waals surface area contributed by atoms with E-state index in [0.29, 0.717) is 17.7 Å². The Labute approximate surface area is 134 Å². The van der Waals surface area contributed by atoms with Gasteiger partial charge in [-0.05, 0) is 17.7 Å². The molecule has 0 fully saturated rings. The van der Waals surface area contributed by atoms with Gasteiger partial charge in [-0.3, -0.25) is 15.4 Å². The molecule has 0 unspecified atom stereocenters. The van der Waals surface area contributed by atoms with Crippen LogP contribution in [-0.2, 0) is 17.5 Å². The molecule has 0 aromatic heterocycles. The minimum absolute atomic E-state index is 0.0637. The highest BCUT2D eigenvalue weighted by Gasteiger charge is 2.38. The fraction of sp³-hybridized carbons (Fsp3) is 0.133. The summed E-state index contributed by atoms with van der Waals surface area (Å²) < 4.78 is 43.4. The molecular formula is C15H11F3N2O4. The van der Waals surface area contributed by atoms with Gasteiger partial charge in [0.2, 0.25) is 0 Å². The lowest BCUT2D eigenvalue weighted by atomic mass is 10.1. The second-order valence-corrected chi connectivity index (χ2v) is 4.67. The number of halogens is 3.